The van der Waals surface area contributed by atoms with Crippen molar-refractivity contribution in [1.82, 2.24) is 0 Å². The van der Waals surface area contributed by atoms with E-state index in [1.165, 1.54) is 19.3 Å². The molecule has 1 rings (SSSR count). The fourth-order valence-corrected chi connectivity index (χ4v) is 2.87. The van der Waals surface area contributed by atoms with Gasteiger partial charge in [0.05, 0.1) is 0 Å². The van der Waals surface area contributed by atoms with Gasteiger partial charge in [-0.05, 0) is 12.8 Å². The number of hydrogen-bond donors (Lipinski definition) is 2. The SMILES string of the molecule is COC(OC)C(O)C1(CN)CCCCCCC1. The van der Waals surface area contributed by atoms with Crippen LogP contribution in [-0.2, 0) is 9.47 Å². The summed E-state index contributed by atoms with van der Waals surface area (Å²) < 4.78 is 10.4. The fraction of sp³-hybridized carbons (Fsp3) is 1.00. The van der Waals surface area contributed by atoms with E-state index in [1.54, 1.807) is 14.2 Å². The summed E-state index contributed by atoms with van der Waals surface area (Å²) in [5, 5.41) is 10.5. The van der Waals surface area contributed by atoms with Gasteiger partial charge in [-0.2, -0.15) is 0 Å². The monoisotopic (exact) mass is 245 g/mol. The number of methoxy groups -OCH3 is 2. The Bertz CT molecular complexity index is 199. The molecular weight excluding hydrogens is 218 g/mol. The molecule has 0 aromatic rings. The second-order valence-electron chi connectivity index (χ2n) is 5.12. The summed E-state index contributed by atoms with van der Waals surface area (Å²) in [6.45, 7) is 0.497. The lowest BCUT2D eigenvalue weighted by Gasteiger charge is -2.41. The standard InChI is InChI=1S/C13H27NO3/c1-16-12(17-2)11(15)13(10-14)8-6-4-3-5-7-9-13/h11-12,15H,3-10,14H2,1-2H3. The Hall–Kier alpha value is -0.160. The van der Waals surface area contributed by atoms with Crippen molar-refractivity contribution < 1.29 is 14.6 Å². The van der Waals surface area contributed by atoms with Gasteiger partial charge >= 0.3 is 0 Å². The molecule has 0 radical (unpaired) electrons. The van der Waals surface area contributed by atoms with Gasteiger partial charge in [0, 0.05) is 26.2 Å². The van der Waals surface area contributed by atoms with Gasteiger partial charge in [-0.3, -0.25) is 0 Å². The lowest BCUT2D eigenvalue weighted by Crippen LogP contribution is -2.49. The molecule has 0 aromatic carbocycles. The van der Waals surface area contributed by atoms with Crippen molar-refractivity contribution in [2.75, 3.05) is 20.8 Å². The fourth-order valence-electron chi connectivity index (χ4n) is 2.87. The Morgan fingerprint density at radius 1 is 1.06 bits per heavy atom. The molecule has 3 N–H and O–H groups in total. The van der Waals surface area contributed by atoms with E-state index in [9.17, 15) is 5.11 Å². The second kappa shape index (κ2) is 7.31. The van der Waals surface area contributed by atoms with Gasteiger partial charge in [-0.25, -0.2) is 0 Å². The average Bonchev–Trinajstić information content (AvgIpc) is 2.31. The minimum absolute atomic E-state index is 0.239. The summed E-state index contributed by atoms with van der Waals surface area (Å²) in [7, 11) is 3.12. The van der Waals surface area contributed by atoms with Gasteiger partial charge in [-0.15, -0.1) is 0 Å². The van der Waals surface area contributed by atoms with Crippen molar-refractivity contribution in [2.45, 2.75) is 57.3 Å². The van der Waals surface area contributed by atoms with Crippen molar-refractivity contribution in [3.8, 4) is 0 Å². The Morgan fingerprint density at radius 2 is 1.53 bits per heavy atom. The summed E-state index contributed by atoms with van der Waals surface area (Å²) >= 11 is 0. The van der Waals surface area contributed by atoms with Crippen molar-refractivity contribution in [2.24, 2.45) is 11.1 Å². The predicted octanol–water partition coefficient (Wildman–Crippen LogP) is 1.66. The molecule has 0 spiro atoms. The maximum absolute atomic E-state index is 10.5. The first-order valence-corrected chi connectivity index (χ1v) is 6.64. The first kappa shape index (κ1) is 14.9. The second-order valence-corrected chi connectivity index (χ2v) is 5.12. The van der Waals surface area contributed by atoms with E-state index in [4.69, 9.17) is 15.2 Å². The maximum atomic E-state index is 10.5. The van der Waals surface area contributed by atoms with Crippen LogP contribution in [0.15, 0.2) is 0 Å². The first-order valence-electron chi connectivity index (χ1n) is 6.64. The number of hydrogen-bond acceptors (Lipinski definition) is 4. The molecule has 102 valence electrons. The van der Waals surface area contributed by atoms with E-state index in [1.807, 2.05) is 0 Å². The zero-order valence-electron chi connectivity index (χ0n) is 11.2. The minimum Gasteiger partial charge on any atom is -0.387 e. The van der Waals surface area contributed by atoms with Gasteiger partial charge in [0.2, 0.25) is 0 Å². The molecule has 1 aliphatic rings. The minimum atomic E-state index is -0.638. The topological polar surface area (TPSA) is 64.7 Å². The van der Waals surface area contributed by atoms with Crippen LogP contribution in [-0.4, -0.2) is 38.3 Å². The third-order valence-corrected chi connectivity index (χ3v) is 4.11. The Labute approximate surface area is 104 Å². The number of nitrogens with two attached hydrogens (primary N) is 1. The van der Waals surface area contributed by atoms with Crippen molar-refractivity contribution in [3.63, 3.8) is 0 Å². The average molecular weight is 245 g/mol. The van der Waals surface area contributed by atoms with E-state index in [2.05, 4.69) is 0 Å². The molecule has 0 aromatic heterocycles. The van der Waals surface area contributed by atoms with E-state index < -0.39 is 12.4 Å². The molecule has 0 saturated heterocycles. The highest BCUT2D eigenvalue weighted by molar-refractivity contribution is 4.90. The Balaban J connectivity index is 2.75. The molecule has 1 fully saturated rings. The summed E-state index contributed by atoms with van der Waals surface area (Å²) in [6.07, 6.45) is 6.76. The summed E-state index contributed by atoms with van der Waals surface area (Å²) in [6, 6.07) is 0. The molecule has 0 heterocycles. The Morgan fingerprint density at radius 3 is 1.94 bits per heavy atom. The van der Waals surface area contributed by atoms with Gasteiger partial charge < -0.3 is 20.3 Å². The number of rotatable bonds is 5. The van der Waals surface area contributed by atoms with Crippen LogP contribution in [0.4, 0.5) is 0 Å². The summed E-state index contributed by atoms with van der Waals surface area (Å²) in [5.41, 5.74) is 5.70. The normalized spacial score (nSPS) is 23.1. The van der Waals surface area contributed by atoms with Crippen molar-refractivity contribution >= 4 is 0 Å². The maximum Gasteiger partial charge on any atom is 0.183 e. The van der Waals surface area contributed by atoms with Crippen LogP contribution in [0.2, 0.25) is 0 Å². The molecule has 4 nitrogen and oxygen atoms in total. The lowest BCUT2D eigenvalue weighted by atomic mass is 9.72. The van der Waals surface area contributed by atoms with Crippen LogP contribution in [0.1, 0.15) is 44.9 Å². The molecule has 1 aliphatic carbocycles. The number of ether oxygens (including phenoxy) is 2. The van der Waals surface area contributed by atoms with E-state index in [0.717, 1.165) is 25.7 Å². The highest BCUT2D eigenvalue weighted by atomic mass is 16.7. The van der Waals surface area contributed by atoms with Crippen LogP contribution >= 0.6 is 0 Å². The molecule has 1 atom stereocenters. The highest BCUT2D eigenvalue weighted by Crippen LogP contribution is 2.38. The third-order valence-electron chi connectivity index (χ3n) is 4.11. The van der Waals surface area contributed by atoms with Crippen LogP contribution < -0.4 is 5.73 Å². The third kappa shape index (κ3) is 3.65. The molecular formula is C13H27NO3. The molecule has 0 bridgehead atoms. The van der Waals surface area contributed by atoms with Crippen LogP contribution in [0, 0.1) is 5.41 Å². The van der Waals surface area contributed by atoms with Crippen LogP contribution in [0.3, 0.4) is 0 Å². The zero-order valence-corrected chi connectivity index (χ0v) is 11.2. The molecule has 1 unspecified atom stereocenters. The highest BCUT2D eigenvalue weighted by Gasteiger charge is 2.41. The van der Waals surface area contributed by atoms with Crippen LogP contribution in [0.25, 0.3) is 0 Å². The molecule has 17 heavy (non-hydrogen) atoms. The largest absolute Gasteiger partial charge is 0.387 e. The molecule has 0 amide bonds. The van der Waals surface area contributed by atoms with Gasteiger partial charge in [0.1, 0.15) is 6.10 Å². The summed E-state index contributed by atoms with van der Waals surface area (Å²) in [5.74, 6) is 0. The quantitative estimate of drug-likeness (QED) is 0.723. The van der Waals surface area contributed by atoms with Crippen molar-refractivity contribution in [1.29, 1.82) is 0 Å². The smallest absolute Gasteiger partial charge is 0.183 e. The molecule has 4 heteroatoms. The number of aliphatic hydroxyl groups excluding tert-OH is 1. The molecule has 1 saturated carbocycles. The van der Waals surface area contributed by atoms with Gasteiger partial charge in [0.15, 0.2) is 6.29 Å². The summed E-state index contributed by atoms with van der Waals surface area (Å²) in [4.78, 5) is 0. The molecule has 0 aliphatic heterocycles. The zero-order chi connectivity index (χ0) is 12.7. The van der Waals surface area contributed by atoms with E-state index >= 15 is 0 Å². The number of aliphatic hydroxyl groups is 1. The van der Waals surface area contributed by atoms with E-state index in [-0.39, 0.29) is 5.41 Å². The Kier molecular flexibility index (Phi) is 6.41. The van der Waals surface area contributed by atoms with Crippen LogP contribution in [0.5, 0.6) is 0 Å². The van der Waals surface area contributed by atoms with Gasteiger partial charge in [-0.1, -0.05) is 32.1 Å². The predicted molar refractivity (Wildman–Crippen MR) is 67.6 cm³/mol. The lowest BCUT2D eigenvalue weighted by molar-refractivity contribution is -0.200. The van der Waals surface area contributed by atoms with Gasteiger partial charge in [0.25, 0.3) is 0 Å². The van der Waals surface area contributed by atoms with E-state index in [0.29, 0.717) is 6.54 Å². The first-order chi connectivity index (χ1) is 8.20. The van der Waals surface area contributed by atoms with Crippen molar-refractivity contribution in [3.05, 3.63) is 0 Å².